The van der Waals surface area contributed by atoms with Crippen LogP contribution < -0.4 is 10.2 Å². The number of alkyl halides is 3. The quantitative estimate of drug-likeness (QED) is 0.716. The summed E-state index contributed by atoms with van der Waals surface area (Å²) >= 11 is 5.88. The van der Waals surface area contributed by atoms with Crippen molar-refractivity contribution in [3.63, 3.8) is 0 Å². The smallest absolute Gasteiger partial charge is 0.390 e. The summed E-state index contributed by atoms with van der Waals surface area (Å²) in [5, 5.41) is 14.4. The van der Waals surface area contributed by atoms with Crippen LogP contribution in [0.25, 0.3) is 0 Å². The molecule has 0 saturated carbocycles. The number of hydrogen-bond donors (Lipinski definition) is 2. The van der Waals surface area contributed by atoms with Crippen LogP contribution in [0.1, 0.15) is 28.9 Å². The number of nitrogens with one attached hydrogen (secondary N) is 1. The second-order valence-corrected chi connectivity index (χ2v) is 8.49. The van der Waals surface area contributed by atoms with E-state index >= 15 is 0 Å². The molecule has 2 fully saturated rings. The van der Waals surface area contributed by atoms with Crippen molar-refractivity contribution in [1.29, 1.82) is 0 Å². The average Bonchev–Trinajstić information content (AvgIpc) is 3.14. The molecule has 0 aliphatic carbocycles. The fourth-order valence-electron chi connectivity index (χ4n) is 4.10. The number of carbonyl (C=O) groups excluding carboxylic acids is 1. The Bertz CT molecular complexity index is 951. The highest BCUT2D eigenvalue weighted by atomic mass is 35.5. The molecule has 0 unspecified atom stereocenters. The standard InChI is InChI=1S/C21H23ClF3N5O2/c22-14-3-1-13(2-4-14)19(32)29-9-6-15(7-10-29)27-16-11-30(12-17(16)31)20-26-8-5-18(28-20)21(23,24)25/h1-5,8,15-17,27,31H,6-7,9-12H2/t16-,17-/m1/s1. The minimum atomic E-state index is -4.55. The van der Waals surface area contributed by atoms with Gasteiger partial charge in [-0.25, -0.2) is 9.97 Å². The maximum Gasteiger partial charge on any atom is 0.433 e. The lowest BCUT2D eigenvalue weighted by Gasteiger charge is -2.34. The zero-order chi connectivity index (χ0) is 22.9. The molecule has 1 amide bonds. The van der Waals surface area contributed by atoms with Crippen molar-refractivity contribution in [2.75, 3.05) is 31.1 Å². The van der Waals surface area contributed by atoms with Crippen LogP contribution in [-0.2, 0) is 6.18 Å². The van der Waals surface area contributed by atoms with Gasteiger partial charge in [-0.05, 0) is 43.2 Å². The lowest BCUT2D eigenvalue weighted by molar-refractivity contribution is -0.141. The second kappa shape index (κ2) is 9.21. The Morgan fingerprint density at radius 1 is 1.12 bits per heavy atom. The third-order valence-electron chi connectivity index (χ3n) is 5.83. The molecular weight excluding hydrogens is 447 g/mol. The van der Waals surface area contributed by atoms with Gasteiger partial charge in [-0.2, -0.15) is 13.2 Å². The Morgan fingerprint density at radius 2 is 1.81 bits per heavy atom. The Balaban J connectivity index is 1.31. The number of benzene rings is 1. The first-order valence-corrected chi connectivity index (χ1v) is 10.7. The van der Waals surface area contributed by atoms with Gasteiger partial charge in [0.05, 0.1) is 12.1 Å². The molecule has 0 spiro atoms. The molecule has 4 rings (SSSR count). The molecule has 2 aliphatic rings. The molecule has 11 heteroatoms. The Morgan fingerprint density at radius 3 is 2.47 bits per heavy atom. The summed E-state index contributed by atoms with van der Waals surface area (Å²) in [6, 6.07) is 7.37. The zero-order valence-electron chi connectivity index (χ0n) is 17.1. The van der Waals surface area contributed by atoms with E-state index in [0.29, 0.717) is 43.1 Å². The topological polar surface area (TPSA) is 81.6 Å². The van der Waals surface area contributed by atoms with Crippen LogP contribution in [0.5, 0.6) is 0 Å². The molecular formula is C21H23ClF3N5O2. The van der Waals surface area contributed by atoms with E-state index in [-0.39, 0.29) is 30.5 Å². The average molecular weight is 470 g/mol. The van der Waals surface area contributed by atoms with Crippen molar-refractivity contribution in [1.82, 2.24) is 20.2 Å². The third kappa shape index (κ3) is 5.13. The molecule has 2 aliphatic heterocycles. The number of rotatable bonds is 4. The summed E-state index contributed by atoms with van der Waals surface area (Å²) < 4.78 is 38.8. The highest BCUT2D eigenvalue weighted by Crippen LogP contribution is 2.29. The van der Waals surface area contributed by atoms with E-state index in [0.717, 1.165) is 12.3 Å². The summed E-state index contributed by atoms with van der Waals surface area (Å²) in [7, 11) is 0. The number of aliphatic hydroxyl groups is 1. The van der Waals surface area contributed by atoms with Gasteiger partial charge in [0.2, 0.25) is 5.95 Å². The molecule has 2 aromatic rings. The van der Waals surface area contributed by atoms with E-state index in [9.17, 15) is 23.1 Å². The molecule has 172 valence electrons. The van der Waals surface area contributed by atoms with Gasteiger partial charge in [0.25, 0.3) is 5.91 Å². The lowest BCUT2D eigenvalue weighted by Crippen LogP contribution is -2.50. The molecule has 0 bridgehead atoms. The number of carbonyl (C=O) groups is 1. The number of hydrogen-bond acceptors (Lipinski definition) is 6. The van der Waals surface area contributed by atoms with Crippen LogP contribution in [0, 0.1) is 0 Å². The number of aromatic nitrogens is 2. The highest BCUT2D eigenvalue weighted by molar-refractivity contribution is 6.30. The number of piperidine rings is 1. The van der Waals surface area contributed by atoms with Crippen LogP contribution in [0.2, 0.25) is 5.02 Å². The predicted molar refractivity (Wildman–Crippen MR) is 113 cm³/mol. The largest absolute Gasteiger partial charge is 0.433 e. The fraction of sp³-hybridized carbons (Fsp3) is 0.476. The van der Waals surface area contributed by atoms with Crippen LogP contribution in [-0.4, -0.2) is 70.2 Å². The van der Waals surface area contributed by atoms with Crippen molar-refractivity contribution in [2.45, 2.75) is 37.2 Å². The highest BCUT2D eigenvalue weighted by Gasteiger charge is 2.37. The van der Waals surface area contributed by atoms with Crippen molar-refractivity contribution >= 4 is 23.5 Å². The van der Waals surface area contributed by atoms with E-state index < -0.39 is 18.0 Å². The first-order valence-electron chi connectivity index (χ1n) is 10.3. The molecule has 1 aromatic carbocycles. The van der Waals surface area contributed by atoms with Gasteiger partial charge in [-0.1, -0.05) is 11.6 Å². The van der Waals surface area contributed by atoms with Gasteiger partial charge in [-0.15, -0.1) is 0 Å². The Hall–Kier alpha value is -2.43. The molecule has 7 nitrogen and oxygen atoms in total. The minimum Gasteiger partial charge on any atom is -0.390 e. The predicted octanol–water partition coefficient (Wildman–Crippen LogP) is 2.59. The van der Waals surface area contributed by atoms with E-state index in [1.165, 1.54) is 0 Å². The van der Waals surface area contributed by atoms with E-state index in [1.54, 1.807) is 34.1 Å². The number of halogens is 4. The maximum absolute atomic E-state index is 12.9. The SMILES string of the molecule is O=C(c1ccc(Cl)cc1)N1CCC(N[C@@H]2CN(c3nccc(C(F)(F)F)n3)C[C@H]2O)CC1. The minimum absolute atomic E-state index is 0.0473. The summed E-state index contributed by atoms with van der Waals surface area (Å²) in [5.41, 5.74) is -0.421. The number of anilines is 1. The van der Waals surface area contributed by atoms with Gasteiger partial charge in [-0.3, -0.25) is 4.79 Å². The first kappa shape index (κ1) is 22.8. The van der Waals surface area contributed by atoms with E-state index in [4.69, 9.17) is 11.6 Å². The van der Waals surface area contributed by atoms with Gasteiger partial charge >= 0.3 is 6.18 Å². The number of likely N-dealkylation sites (tertiary alicyclic amines) is 1. The summed E-state index contributed by atoms with van der Waals surface area (Å²) in [6.07, 6.45) is -2.82. The number of aliphatic hydroxyl groups excluding tert-OH is 1. The fourth-order valence-corrected chi connectivity index (χ4v) is 4.23. The maximum atomic E-state index is 12.9. The normalized spacial score (nSPS) is 22.4. The van der Waals surface area contributed by atoms with Gasteiger partial charge in [0.15, 0.2) is 0 Å². The lowest BCUT2D eigenvalue weighted by atomic mass is 10.0. The molecule has 3 heterocycles. The third-order valence-corrected chi connectivity index (χ3v) is 6.08. The van der Waals surface area contributed by atoms with Crippen LogP contribution in [0.4, 0.5) is 19.1 Å². The molecule has 32 heavy (non-hydrogen) atoms. The van der Waals surface area contributed by atoms with E-state index in [1.807, 2.05) is 0 Å². The van der Waals surface area contributed by atoms with Crippen molar-refractivity contribution in [3.8, 4) is 0 Å². The van der Waals surface area contributed by atoms with E-state index in [2.05, 4.69) is 15.3 Å². The monoisotopic (exact) mass is 469 g/mol. The summed E-state index contributed by atoms with van der Waals surface area (Å²) in [5.74, 6) is -0.0968. The molecule has 0 radical (unpaired) electrons. The first-order chi connectivity index (χ1) is 15.2. The van der Waals surface area contributed by atoms with Crippen molar-refractivity contribution in [2.24, 2.45) is 0 Å². The molecule has 2 N–H and O–H groups in total. The number of amides is 1. The zero-order valence-corrected chi connectivity index (χ0v) is 17.9. The number of β-amino-alcohol motifs (C(OH)–C–C–N with tert-alkyl or cyclic N) is 1. The molecule has 2 atom stereocenters. The Labute approximate surface area is 188 Å². The Kier molecular flexibility index (Phi) is 6.55. The summed E-state index contributed by atoms with van der Waals surface area (Å²) in [6.45, 7) is 1.59. The van der Waals surface area contributed by atoms with Gasteiger partial charge < -0.3 is 20.2 Å². The summed E-state index contributed by atoms with van der Waals surface area (Å²) in [4.78, 5) is 23.5. The van der Waals surface area contributed by atoms with Crippen molar-refractivity contribution < 1.29 is 23.1 Å². The number of nitrogens with zero attached hydrogens (tertiary/aromatic N) is 4. The van der Waals surface area contributed by atoms with Crippen molar-refractivity contribution in [3.05, 3.63) is 52.8 Å². The van der Waals surface area contributed by atoms with Gasteiger partial charge in [0, 0.05) is 49.0 Å². The molecule has 2 saturated heterocycles. The molecule has 1 aromatic heterocycles. The van der Waals surface area contributed by atoms with Gasteiger partial charge in [0.1, 0.15) is 5.69 Å². The van der Waals surface area contributed by atoms with Crippen LogP contribution >= 0.6 is 11.6 Å². The van der Waals surface area contributed by atoms with Crippen LogP contribution in [0.15, 0.2) is 36.5 Å². The van der Waals surface area contributed by atoms with Crippen LogP contribution in [0.3, 0.4) is 0 Å². The second-order valence-electron chi connectivity index (χ2n) is 8.06.